The summed E-state index contributed by atoms with van der Waals surface area (Å²) in [4.78, 5) is 16.0. The summed E-state index contributed by atoms with van der Waals surface area (Å²) in [6.07, 6.45) is 2.38. The number of ether oxygens (including phenoxy) is 2. The standard InChI is InChI=1S/C10H15N7O2/c1-4-5-18-9-13-7(11-2)14-10(15-9)19-8-12-6-17(3)16-8/h6H,4-5H2,1-3H3,(H,11,13,14,15). The highest BCUT2D eigenvalue weighted by atomic mass is 16.5. The van der Waals surface area contributed by atoms with Gasteiger partial charge in [-0.25, -0.2) is 0 Å². The molecule has 0 radical (unpaired) electrons. The molecule has 102 valence electrons. The molecule has 19 heavy (non-hydrogen) atoms. The molecule has 0 aromatic carbocycles. The second-order valence-electron chi connectivity index (χ2n) is 3.63. The number of aromatic nitrogens is 6. The highest BCUT2D eigenvalue weighted by Gasteiger charge is 2.10. The Hall–Kier alpha value is -2.45. The van der Waals surface area contributed by atoms with Crippen molar-refractivity contribution in [2.24, 2.45) is 7.05 Å². The summed E-state index contributed by atoms with van der Waals surface area (Å²) in [5.74, 6) is 0.354. The monoisotopic (exact) mass is 265 g/mol. The van der Waals surface area contributed by atoms with Crippen LogP contribution in [0.3, 0.4) is 0 Å². The fraction of sp³-hybridized carbons (Fsp3) is 0.500. The first-order valence-electron chi connectivity index (χ1n) is 5.81. The van der Waals surface area contributed by atoms with Crippen LogP contribution in [0.5, 0.6) is 18.0 Å². The van der Waals surface area contributed by atoms with Gasteiger partial charge in [0.15, 0.2) is 0 Å². The van der Waals surface area contributed by atoms with Crippen LogP contribution in [0.1, 0.15) is 13.3 Å². The van der Waals surface area contributed by atoms with E-state index >= 15 is 0 Å². The van der Waals surface area contributed by atoms with Gasteiger partial charge in [0.2, 0.25) is 5.95 Å². The first-order valence-corrected chi connectivity index (χ1v) is 5.81. The van der Waals surface area contributed by atoms with Gasteiger partial charge in [0.1, 0.15) is 6.33 Å². The molecule has 2 aromatic heterocycles. The number of anilines is 1. The van der Waals surface area contributed by atoms with E-state index in [-0.39, 0.29) is 18.0 Å². The van der Waals surface area contributed by atoms with Crippen molar-refractivity contribution in [3.05, 3.63) is 6.33 Å². The molecule has 0 aliphatic heterocycles. The van der Waals surface area contributed by atoms with E-state index < -0.39 is 0 Å². The van der Waals surface area contributed by atoms with E-state index in [0.29, 0.717) is 12.6 Å². The van der Waals surface area contributed by atoms with Gasteiger partial charge in [-0.3, -0.25) is 4.68 Å². The zero-order valence-electron chi connectivity index (χ0n) is 11.0. The van der Waals surface area contributed by atoms with Gasteiger partial charge in [-0.15, -0.1) is 10.1 Å². The average molecular weight is 265 g/mol. The van der Waals surface area contributed by atoms with Gasteiger partial charge in [-0.2, -0.15) is 15.0 Å². The molecule has 2 heterocycles. The van der Waals surface area contributed by atoms with Crippen LogP contribution >= 0.6 is 0 Å². The van der Waals surface area contributed by atoms with Crippen LogP contribution in [0.15, 0.2) is 6.33 Å². The summed E-state index contributed by atoms with van der Waals surface area (Å²) in [5.41, 5.74) is 0. The molecular formula is C10H15N7O2. The molecule has 0 unspecified atom stereocenters. The third-order valence-electron chi connectivity index (χ3n) is 2.01. The van der Waals surface area contributed by atoms with Crippen molar-refractivity contribution in [1.82, 2.24) is 29.7 Å². The van der Waals surface area contributed by atoms with Crippen molar-refractivity contribution in [2.75, 3.05) is 19.0 Å². The second kappa shape index (κ2) is 5.94. The zero-order valence-corrected chi connectivity index (χ0v) is 11.0. The van der Waals surface area contributed by atoms with E-state index in [1.807, 2.05) is 6.92 Å². The smallest absolute Gasteiger partial charge is 0.343 e. The minimum Gasteiger partial charge on any atom is -0.463 e. The van der Waals surface area contributed by atoms with Crippen LogP contribution in [0, 0.1) is 0 Å². The lowest BCUT2D eigenvalue weighted by molar-refractivity contribution is 0.284. The van der Waals surface area contributed by atoms with Crippen LogP contribution in [0.4, 0.5) is 5.95 Å². The van der Waals surface area contributed by atoms with Gasteiger partial charge < -0.3 is 14.8 Å². The molecule has 0 bridgehead atoms. The van der Waals surface area contributed by atoms with Crippen LogP contribution in [0.25, 0.3) is 0 Å². The number of aryl methyl sites for hydroxylation is 1. The summed E-state index contributed by atoms with van der Waals surface area (Å²) >= 11 is 0. The highest BCUT2D eigenvalue weighted by molar-refractivity contribution is 5.26. The SMILES string of the molecule is CCCOc1nc(NC)nc(Oc2ncn(C)n2)n1. The first kappa shape index (κ1) is 13.0. The Kier molecular flexibility index (Phi) is 4.06. The lowest BCUT2D eigenvalue weighted by Gasteiger charge is -2.06. The maximum Gasteiger partial charge on any atom is 0.343 e. The number of rotatable bonds is 6. The van der Waals surface area contributed by atoms with Crippen LogP contribution in [-0.2, 0) is 7.05 Å². The van der Waals surface area contributed by atoms with Gasteiger partial charge in [0.05, 0.1) is 6.61 Å². The Labute approximate surface area is 110 Å². The summed E-state index contributed by atoms with van der Waals surface area (Å²) in [6.45, 7) is 2.52. The van der Waals surface area contributed by atoms with Crippen molar-refractivity contribution in [3.63, 3.8) is 0 Å². The third-order valence-corrected chi connectivity index (χ3v) is 2.01. The summed E-state index contributed by atoms with van der Waals surface area (Å²) in [6, 6.07) is 0.445. The lowest BCUT2D eigenvalue weighted by Crippen LogP contribution is -2.06. The van der Waals surface area contributed by atoms with Gasteiger partial charge in [-0.05, 0) is 6.42 Å². The Morgan fingerprint density at radius 1 is 1.21 bits per heavy atom. The van der Waals surface area contributed by atoms with Gasteiger partial charge in [0, 0.05) is 14.1 Å². The molecular weight excluding hydrogens is 250 g/mol. The maximum absolute atomic E-state index is 5.35. The average Bonchev–Trinajstić information content (AvgIpc) is 2.81. The Balaban J connectivity index is 2.18. The van der Waals surface area contributed by atoms with E-state index in [1.54, 1.807) is 14.1 Å². The van der Waals surface area contributed by atoms with Gasteiger partial charge >= 0.3 is 18.0 Å². The van der Waals surface area contributed by atoms with Crippen molar-refractivity contribution in [2.45, 2.75) is 13.3 Å². The third kappa shape index (κ3) is 3.50. The predicted molar refractivity (Wildman–Crippen MR) is 66.2 cm³/mol. The molecule has 0 aliphatic carbocycles. The van der Waals surface area contributed by atoms with E-state index in [0.717, 1.165) is 6.42 Å². The predicted octanol–water partition coefficient (Wildman–Crippen LogP) is 0.623. The molecule has 0 spiro atoms. The molecule has 0 amide bonds. The topological polar surface area (TPSA) is 99.9 Å². The minimum atomic E-state index is 0.0802. The summed E-state index contributed by atoms with van der Waals surface area (Å²) in [5, 5.41) is 6.78. The molecule has 2 rings (SSSR count). The Morgan fingerprint density at radius 3 is 2.63 bits per heavy atom. The molecule has 0 saturated heterocycles. The number of nitrogens with one attached hydrogen (secondary N) is 1. The first-order chi connectivity index (χ1) is 9.21. The van der Waals surface area contributed by atoms with E-state index in [9.17, 15) is 0 Å². The van der Waals surface area contributed by atoms with Gasteiger partial charge in [-0.1, -0.05) is 6.92 Å². The van der Waals surface area contributed by atoms with Crippen LogP contribution < -0.4 is 14.8 Å². The second-order valence-corrected chi connectivity index (χ2v) is 3.63. The highest BCUT2D eigenvalue weighted by Crippen LogP contribution is 2.16. The molecule has 0 atom stereocenters. The summed E-state index contributed by atoms with van der Waals surface area (Å²) in [7, 11) is 3.43. The van der Waals surface area contributed by atoms with E-state index in [4.69, 9.17) is 9.47 Å². The zero-order chi connectivity index (χ0) is 13.7. The van der Waals surface area contributed by atoms with Crippen molar-refractivity contribution in [3.8, 4) is 18.0 Å². The fourth-order valence-electron chi connectivity index (χ4n) is 1.20. The van der Waals surface area contributed by atoms with Crippen LogP contribution in [-0.4, -0.2) is 43.4 Å². The number of hydrogen-bond acceptors (Lipinski definition) is 8. The minimum absolute atomic E-state index is 0.0802. The molecule has 0 fully saturated rings. The summed E-state index contributed by atoms with van der Waals surface area (Å²) < 4.78 is 12.2. The molecule has 9 heteroatoms. The molecule has 0 aliphatic rings. The molecule has 2 aromatic rings. The van der Waals surface area contributed by atoms with Crippen molar-refractivity contribution >= 4 is 5.95 Å². The number of nitrogens with zero attached hydrogens (tertiary/aromatic N) is 6. The van der Waals surface area contributed by atoms with E-state index in [2.05, 4.69) is 30.4 Å². The Morgan fingerprint density at radius 2 is 2.00 bits per heavy atom. The van der Waals surface area contributed by atoms with E-state index in [1.165, 1.54) is 11.0 Å². The lowest BCUT2D eigenvalue weighted by atomic mass is 10.5. The normalized spacial score (nSPS) is 10.3. The number of hydrogen-bond donors (Lipinski definition) is 1. The maximum atomic E-state index is 5.35. The largest absolute Gasteiger partial charge is 0.463 e. The quantitative estimate of drug-likeness (QED) is 0.811. The molecule has 9 nitrogen and oxygen atoms in total. The van der Waals surface area contributed by atoms with Crippen molar-refractivity contribution in [1.29, 1.82) is 0 Å². The molecule has 1 N–H and O–H groups in total. The molecule has 0 saturated carbocycles. The van der Waals surface area contributed by atoms with Gasteiger partial charge in [0.25, 0.3) is 0 Å². The van der Waals surface area contributed by atoms with Crippen molar-refractivity contribution < 1.29 is 9.47 Å². The Bertz CT molecular complexity index is 542. The van der Waals surface area contributed by atoms with Crippen LogP contribution in [0.2, 0.25) is 0 Å². The fourth-order valence-corrected chi connectivity index (χ4v) is 1.20.